The highest BCUT2D eigenvalue weighted by Gasteiger charge is 2.29. The standard InChI is InChI=1S/C41H53N9O7/c1-26(2)37(46-33(51)10-6-5-8-20-49-34(52)15-16-35(49)53)40(56)44-28(4)39(55)43-18-7-9-21-50-36(54)22-27(3)38(47-50)29-11-13-32(14-12-29)45-41(57)48-24-30-17-19-42-23-31(30)25-48/h11-17,19,23,26-28,37H,5-10,18,20-22,24-25H2,1-4H3,(H,43,55)(H,44,56)(H,45,57)(H,46,51)/t27?,28-,37-/m0/s1. The summed E-state index contributed by atoms with van der Waals surface area (Å²) in [6.45, 7) is 9.20. The van der Waals surface area contributed by atoms with Crippen LogP contribution >= 0.6 is 0 Å². The summed E-state index contributed by atoms with van der Waals surface area (Å²) in [5, 5.41) is 17.4. The average Bonchev–Trinajstić information content (AvgIpc) is 3.76. The number of nitrogens with zero attached hydrogens (tertiary/aromatic N) is 5. The van der Waals surface area contributed by atoms with Crippen LogP contribution in [0.1, 0.15) is 89.3 Å². The molecule has 0 aliphatic carbocycles. The Balaban J connectivity index is 0.994. The van der Waals surface area contributed by atoms with Crippen LogP contribution in [-0.2, 0) is 41.9 Å². The van der Waals surface area contributed by atoms with Gasteiger partial charge in [-0.3, -0.25) is 38.7 Å². The SMILES string of the molecule is CC1CC(=O)N(CCCCNC(=O)[C@H](C)NC(=O)[C@@H](NC(=O)CCCCCN2C(=O)C=CC2=O)C(C)C)N=C1c1ccc(NC(=O)N2Cc3ccncc3C2)cc1. The largest absolute Gasteiger partial charge is 0.354 e. The Bertz CT molecular complexity index is 1850. The van der Waals surface area contributed by atoms with Gasteiger partial charge in [0.1, 0.15) is 12.1 Å². The summed E-state index contributed by atoms with van der Waals surface area (Å²) in [4.78, 5) is 94.5. The molecule has 1 aromatic carbocycles. The zero-order chi connectivity index (χ0) is 41.1. The lowest BCUT2D eigenvalue weighted by Crippen LogP contribution is -2.54. The second-order valence-corrected chi connectivity index (χ2v) is 15.1. The highest BCUT2D eigenvalue weighted by atomic mass is 16.2. The number of carbonyl (C=O) groups is 7. The molecule has 1 aromatic heterocycles. The first kappa shape index (κ1) is 42.2. The van der Waals surface area contributed by atoms with Gasteiger partial charge in [0.15, 0.2) is 0 Å². The Morgan fingerprint density at radius 1 is 0.825 bits per heavy atom. The molecule has 4 N–H and O–H groups in total. The number of urea groups is 1. The van der Waals surface area contributed by atoms with Crippen LogP contribution in [0.2, 0.25) is 0 Å². The molecule has 57 heavy (non-hydrogen) atoms. The van der Waals surface area contributed by atoms with E-state index in [4.69, 9.17) is 0 Å². The smallest absolute Gasteiger partial charge is 0.322 e. The van der Waals surface area contributed by atoms with E-state index in [1.54, 1.807) is 38.1 Å². The van der Waals surface area contributed by atoms with E-state index in [-0.39, 0.29) is 53.8 Å². The summed E-state index contributed by atoms with van der Waals surface area (Å²) in [6, 6.07) is 7.50. The summed E-state index contributed by atoms with van der Waals surface area (Å²) in [5.41, 5.74) is 4.44. The molecule has 5 rings (SSSR count). The molecule has 0 radical (unpaired) electrons. The Hall–Kier alpha value is -5.93. The van der Waals surface area contributed by atoms with E-state index in [9.17, 15) is 33.6 Å². The molecule has 0 spiro atoms. The van der Waals surface area contributed by atoms with Gasteiger partial charge in [0, 0.05) is 81.7 Å². The third-order valence-electron chi connectivity index (χ3n) is 10.2. The van der Waals surface area contributed by atoms with Gasteiger partial charge in [0.2, 0.25) is 23.6 Å². The number of aromatic nitrogens is 1. The molecular weight excluding hydrogens is 731 g/mol. The van der Waals surface area contributed by atoms with E-state index in [0.29, 0.717) is 76.9 Å². The van der Waals surface area contributed by atoms with E-state index in [1.807, 2.05) is 37.3 Å². The molecule has 3 atom stereocenters. The molecule has 16 nitrogen and oxygen atoms in total. The fourth-order valence-corrected chi connectivity index (χ4v) is 6.84. The second kappa shape index (κ2) is 19.8. The number of hydrogen-bond acceptors (Lipinski definition) is 9. The van der Waals surface area contributed by atoms with Crippen molar-refractivity contribution in [2.75, 3.05) is 25.0 Å². The number of hydrazone groups is 1. The van der Waals surface area contributed by atoms with Crippen molar-refractivity contribution < 1.29 is 33.6 Å². The molecule has 0 bridgehead atoms. The minimum Gasteiger partial charge on any atom is -0.354 e. The van der Waals surface area contributed by atoms with Crippen LogP contribution in [0.15, 0.2) is 60.0 Å². The number of imide groups is 1. The van der Waals surface area contributed by atoms with Gasteiger partial charge in [-0.15, -0.1) is 0 Å². The van der Waals surface area contributed by atoms with Gasteiger partial charge < -0.3 is 26.2 Å². The zero-order valence-electron chi connectivity index (χ0n) is 33.1. The van der Waals surface area contributed by atoms with Crippen molar-refractivity contribution in [1.82, 2.24) is 35.7 Å². The molecule has 8 amide bonds. The van der Waals surface area contributed by atoms with Crippen molar-refractivity contribution in [2.45, 2.75) is 97.8 Å². The minimum absolute atomic E-state index is 0.0743. The first-order valence-corrected chi connectivity index (χ1v) is 19.7. The fourth-order valence-electron chi connectivity index (χ4n) is 6.84. The van der Waals surface area contributed by atoms with Crippen molar-refractivity contribution in [1.29, 1.82) is 0 Å². The van der Waals surface area contributed by atoms with Gasteiger partial charge in [-0.25, -0.2) is 9.80 Å². The monoisotopic (exact) mass is 783 g/mol. The minimum atomic E-state index is -0.840. The Morgan fingerprint density at radius 3 is 2.23 bits per heavy atom. The molecular formula is C41H53N9O7. The summed E-state index contributed by atoms with van der Waals surface area (Å²) in [7, 11) is 0. The molecule has 4 heterocycles. The number of unbranched alkanes of at least 4 members (excludes halogenated alkanes) is 3. The van der Waals surface area contributed by atoms with E-state index < -0.39 is 18.0 Å². The van der Waals surface area contributed by atoms with Crippen LogP contribution in [0, 0.1) is 11.8 Å². The Kier molecular flexibility index (Phi) is 14.7. The molecule has 0 saturated heterocycles. The van der Waals surface area contributed by atoms with E-state index in [2.05, 4.69) is 31.4 Å². The van der Waals surface area contributed by atoms with Crippen molar-refractivity contribution in [3.8, 4) is 0 Å². The summed E-state index contributed by atoms with van der Waals surface area (Å²) >= 11 is 0. The van der Waals surface area contributed by atoms with Gasteiger partial charge in [-0.1, -0.05) is 39.3 Å². The van der Waals surface area contributed by atoms with Gasteiger partial charge in [0.05, 0.1) is 5.71 Å². The molecule has 304 valence electrons. The van der Waals surface area contributed by atoms with Gasteiger partial charge >= 0.3 is 6.03 Å². The number of carbonyl (C=O) groups excluding carboxylic acids is 7. The number of pyridine rings is 1. The van der Waals surface area contributed by atoms with Crippen LogP contribution in [-0.4, -0.2) is 98.7 Å². The maximum atomic E-state index is 13.0. The summed E-state index contributed by atoms with van der Waals surface area (Å²) < 4.78 is 0. The van der Waals surface area contributed by atoms with E-state index in [0.717, 1.165) is 22.4 Å². The lowest BCUT2D eigenvalue weighted by atomic mass is 9.93. The zero-order valence-corrected chi connectivity index (χ0v) is 33.1. The third kappa shape index (κ3) is 11.6. The van der Waals surface area contributed by atoms with E-state index in [1.165, 1.54) is 22.1 Å². The Labute approximate surface area is 332 Å². The lowest BCUT2D eigenvalue weighted by molar-refractivity contribution is -0.137. The number of benzene rings is 1. The highest BCUT2D eigenvalue weighted by molar-refractivity contribution is 6.12. The summed E-state index contributed by atoms with van der Waals surface area (Å²) in [6.07, 6.45) is 9.41. The third-order valence-corrected chi connectivity index (χ3v) is 10.2. The molecule has 3 aliphatic rings. The maximum absolute atomic E-state index is 13.0. The number of anilines is 1. The topological polar surface area (TPSA) is 203 Å². The first-order chi connectivity index (χ1) is 27.3. The molecule has 2 aromatic rings. The van der Waals surface area contributed by atoms with Crippen molar-refractivity contribution in [3.05, 3.63) is 71.6 Å². The fraction of sp³-hybridized carbons (Fsp3) is 0.488. The van der Waals surface area contributed by atoms with Crippen LogP contribution in [0.3, 0.4) is 0 Å². The Morgan fingerprint density at radius 2 is 1.53 bits per heavy atom. The predicted molar refractivity (Wildman–Crippen MR) is 212 cm³/mol. The van der Waals surface area contributed by atoms with Crippen LogP contribution in [0.4, 0.5) is 10.5 Å². The average molecular weight is 784 g/mol. The number of amides is 8. The second-order valence-electron chi connectivity index (χ2n) is 15.1. The van der Waals surface area contributed by atoms with Gasteiger partial charge in [-0.2, -0.15) is 5.10 Å². The number of fused-ring (bicyclic) bond motifs is 1. The summed E-state index contributed by atoms with van der Waals surface area (Å²) in [5.74, 6) is -2.16. The molecule has 1 unspecified atom stereocenters. The van der Waals surface area contributed by atoms with E-state index >= 15 is 0 Å². The quantitative estimate of drug-likeness (QED) is 0.130. The maximum Gasteiger partial charge on any atom is 0.322 e. The first-order valence-electron chi connectivity index (χ1n) is 19.7. The number of hydrogen-bond donors (Lipinski definition) is 4. The number of nitrogens with one attached hydrogen (secondary N) is 4. The van der Waals surface area contributed by atoms with Crippen molar-refractivity contribution in [2.24, 2.45) is 16.9 Å². The van der Waals surface area contributed by atoms with Gasteiger partial charge in [-0.05, 0) is 73.4 Å². The van der Waals surface area contributed by atoms with Crippen molar-refractivity contribution >= 4 is 52.9 Å². The predicted octanol–water partition coefficient (Wildman–Crippen LogP) is 3.23. The molecule has 16 heteroatoms. The highest BCUT2D eigenvalue weighted by Crippen LogP contribution is 2.25. The molecule has 0 fully saturated rings. The van der Waals surface area contributed by atoms with Crippen LogP contribution in [0.25, 0.3) is 0 Å². The van der Waals surface area contributed by atoms with Crippen molar-refractivity contribution in [3.63, 3.8) is 0 Å². The van der Waals surface area contributed by atoms with Crippen LogP contribution in [0.5, 0.6) is 0 Å². The molecule has 3 aliphatic heterocycles. The lowest BCUT2D eigenvalue weighted by Gasteiger charge is -2.28. The van der Waals surface area contributed by atoms with Gasteiger partial charge in [0.25, 0.3) is 11.8 Å². The molecule has 0 saturated carbocycles. The number of rotatable bonds is 18. The normalized spacial score (nSPS) is 17.4. The van der Waals surface area contributed by atoms with Crippen LogP contribution < -0.4 is 21.3 Å².